The van der Waals surface area contributed by atoms with Crippen LogP contribution in [0.2, 0.25) is 0 Å². The third-order valence-corrected chi connectivity index (χ3v) is 6.15. The molecule has 152 valence electrons. The van der Waals surface area contributed by atoms with Gasteiger partial charge in [0.05, 0.1) is 27.9 Å². The third-order valence-electron chi connectivity index (χ3n) is 5.48. The molecule has 3 aromatic carbocycles. The fourth-order valence-corrected chi connectivity index (χ4v) is 4.45. The molecule has 0 saturated carbocycles. The van der Waals surface area contributed by atoms with Crippen LogP contribution in [-0.4, -0.2) is 22.5 Å². The van der Waals surface area contributed by atoms with E-state index in [4.69, 9.17) is 4.98 Å². The van der Waals surface area contributed by atoms with E-state index in [2.05, 4.69) is 22.6 Å². The summed E-state index contributed by atoms with van der Waals surface area (Å²) < 4.78 is 2.56. The van der Waals surface area contributed by atoms with Crippen molar-refractivity contribution in [1.29, 1.82) is 0 Å². The molecule has 31 heavy (non-hydrogen) atoms. The van der Waals surface area contributed by atoms with Crippen LogP contribution in [-0.2, 0) is 4.79 Å². The van der Waals surface area contributed by atoms with Gasteiger partial charge in [-0.15, -0.1) is 0 Å². The van der Waals surface area contributed by atoms with Gasteiger partial charge in [-0.25, -0.2) is 4.98 Å². The van der Waals surface area contributed by atoms with E-state index in [9.17, 15) is 9.59 Å². The number of hydrogen-bond acceptors (Lipinski definition) is 3. The van der Waals surface area contributed by atoms with Gasteiger partial charge in [0.1, 0.15) is 5.82 Å². The van der Waals surface area contributed by atoms with Crippen molar-refractivity contribution in [2.75, 3.05) is 11.9 Å². The van der Waals surface area contributed by atoms with Crippen molar-refractivity contribution >= 4 is 56.7 Å². The maximum absolute atomic E-state index is 13.6. The maximum Gasteiger partial charge on any atom is 0.266 e. The number of rotatable bonds is 2. The lowest BCUT2D eigenvalue weighted by atomic mass is 10.1. The molecule has 1 amide bonds. The van der Waals surface area contributed by atoms with Crippen LogP contribution in [0.1, 0.15) is 17.0 Å². The van der Waals surface area contributed by atoms with E-state index >= 15 is 0 Å². The summed E-state index contributed by atoms with van der Waals surface area (Å²) in [5, 5.41) is 0.547. The predicted molar refractivity (Wildman–Crippen MR) is 133 cm³/mol. The summed E-state index contributed by atoms with van der Waals surface area (Å²) in [5.41, 5.74) is 4.41. The number of benzene rings is 3. The van der Waals surface area contributed by atoms with Crippen molar-refractivity contribution in [3.05, 3.63) is 97.6 Å². The standard InChI is InChI=1S/C25H18IN3O2/c1-15-6-5-7-17(12-15)29-23(27-21-11-10-16(26)13-20(21)25(29)31)14-19-18-8-3-4-9-22(18)28(2)24(19)30/h3-14H,1-2H3/b19-14+. The molecule has 1 aliphatic heterocycles. The van der Waals surface area contributed by atoms with Crippen LogP contribution in [0.5, 0.6) is 0 Å². The summed E-state index contributed by atoms with van der Waals surface area (Å²) >= 11 is 2.19. The van der Waals surface area contributed by atoms with Gasteiger partial charge in [0.15, 0.2) is 0 Å². The Labute approximate surface area is 192 Å². The van der Waals surface area contributed by atoms with Crippen LogP contribution in [0.15, 0.2) is 71.5 Å². The first kappa shape index (κ1) is 19.7. The number of aryl methyl sites for hydroxylation is 1. The average Bonchev–Trinajstić information content (AvgIpc) is 3.00. The first-order valence-electron chi connectivity index (χ1n) is 9.82. The molecule has 0 aliphatic carbocycles. The van der Waals surface area contributed by atoms with Crippen LogP contribution in [0.25, 0.3) is 28.2 Å². The number of anilines is 1. The Kier molecular flexibility index (Phi) is 4.74. The quantitative estimate of drug-likeness (QED) is 0.282. The topological polar surface area (TPSA) is 55.2 Å². The van der Waals surface area contributed by atoms with Gasteiger partial charge in [-0.2, -0.15) is 0 Å². The van der Waals surface area contributed by atoms with E-state index in [0.29, 0.717) is 22.3 Å². The van der Waals surface area contributed by atoms with Crippen LogP contribution in [0.3, 0.4) is 0 Å². The second-order valence-corrected chi connectivity index (χ2v) is 8.80. The fourth-order valence-electron chi connectivity index (χ4n) is 3.96. The molecule has 0 saturated heterocycles. The van der Waals surface area contributed by atoms with Crippen LogP contribution >= 0.6 is 22.6 Å². The van der Waals surface area contributed by atoms with Crippen molar-refractivity contribution in [2.24, 2.45) is 0 Å². The fraction of sp³-hybridized carbons (Fsp3) is 0.0800. The minimum absolute atomic E-state index is 0.117. The Morgan fingerprint density at radius 3 is 2.58 bits per heavy atom. The Morgan fingerprint density at radius 1 is 0.968 bits per heavy atom. The molecule has 6 heteroatoms. The van der Waals surface area contributed by atoms with Crippen molar-refractivity contribution in [3.63, 3.8) is 0 Å². The van der Waals surface area contributed by atoms with Gasteiger partial charge in [0, 0.05) is 16.2 Å². The summed E-state index contributed by atoms with van der Waals surface area (Å²) in [6.07, 6.45) is 1.73. The highest BCUT2D eigenvalue weighted by Crippen LogP contribution is 2.36. The van der Waals surface area contributed by atoms with E-state index < -0.39 is 0 Å². The molecule has 0 atom stereocenters. The largest absolute Gasteiger partial charge is 0.311 e. The number of hydrogen-bond donors (Lipinski definition) is 0. The molecule has 1 aromatic heterocycles. The smallest absolute Gasteiger partial charge is 0.266 e. The summed E-state index contributed by atoms with van der Waals surface area (Å²) in [4.78, 5) is 33.0. The minimum Gasteiger partial charge on any atom is -0.311 e. The molecule has 0 N–H and O–H groups in total. The van der Waals surface area contributed by atoms with Gasteiger partial charge in [0.25, 0.3) is 11.5 Å². The zero-order valence-corrected chi connectivity index (χ0v) is 19.1. The van der Waals surface area contributed by atoms with Crippen molar-refractivity contribution < 1.29 is 4.79 Å². The number of carbonyl (C=O) groups is 1. The van der Waals surface area contributed by atoms with Crippen LogP contribution in [0.4, 0.5) is 5.69 Å². The van der Waals surface area contributed by atoms with Gasteiger partial charge in [-0.1, -0.05) is 30.3 Å². The van der Waals surface area contributed by atoms with E-state index in [1.54, 1.807) is 22.6 Å². The molecule has 4 aromatic rings. The number of halogens is 1. The highest BCUT2D eigenvalue weighted by Gasteiger charge is 2.29. The average molecular weight is 519 g/mol. The van der Waals surface area contributed by atoms with Crippen LogP contribution < -0.4 is 10.5 Å². The van der Waals surface area contributed by atoms with Crippen LogP contribution in [0, 0.1) is 10.5 Å². The number of carbonyl (C=O) groups excluding carboxylic acids is 1. The number of fused-ring (bicyclic) bond motifs is 2. The maximum atomic E-state index is 13.6. The normalized spacial score (nSPS) is 14.5. The number of para-hydroxylation sites is 1. The number of aromatic nitrogens is 2. The lowest BCUT2D eigenvalue weighted by Gasteiger charge is -2.13. The lowest BCUT2D eigenvalue weighted by Crippen LogP contribution is -2.23. The van der Waals surface area contributed by atoms with E-state index in [1.165, 1.54) is 0 Å². The summed E-state index contributed by atoms with van der Waals surface area (Å²) in [6.45, 7) is 1.98. The molecule has 0 fully saturated rings. The highest BCUT2D eigenvalue weighted by atomic mass is 127. The van der Waals surface area contributed by atoms with Crippen molar-refractivity contribution in [1.82, 2.24) is 9.55 Å². The molecule has 5 nitrogen and oxygen atoms in total. The Bertz CT molecular complexity index is 1470. The molecule has 1 aliphatic rings. The number of likely N-dealkylation sites (N-methyl/N-ethyl adjacent to an activating group) is 1. The van der Waals surface area contributed by atoms with Gasteiger partial charge in [-0.05, 0) is 77.6 Å². The second-order valence-electron chi connectivity index (χ2n) is 7.55. The van der Waals surface area contributed by atoms with E-state index in [0.717, 1.165) is 26.1 Å². The predicted octanol–water partition coefficient (Wildman–Crippen LogP) is 4.82. The highest BCUT2D eigenvalue weighted by molar-refractivity contribution is 14.1. The van der Waals surface area contributed by atoms with Gasteiger partial charge in [0.2, 0.25) is 0 Å². The molecule has 0 bridgehead atoms. The van der Waals surface area contributed by atoms with E-state index in [-0.39, 0.29) is 11.5 Å². The lowest BCUT2D eigenvalue weighted by molar-refractivity contribution is -0.112. The molecule has 0 spiro atoms. The molecular weight excluding hydrogens is 501 g/mol. The monoisotopic (exact) mass is 519 g/mol. The molecule has 2 heterocycles. The molecule has 0 unspecified atom stereocenters. The van der Waals surface area contributed by atoms with Gasteiger partial charge < -0.3 is 4.90 Å². The van der Waals surface area contributed by atoms with Crippen molar-refractivity contribution in [3.8, 4) is 5.69 Å². The minimum atomic E-state index is -0.159. The third kappa shape index (κ3) is 3.27. The first-order valence-corrected chi connectivity index (χ1v) is 10.9. The zero-order chi connectivity index (χ0) is 21.7. The first-order chi connectivity index (χ1) is 14.9. The van der Waals surface area contributed by atoms with Gasteiger partial charge >= 0.3 is 0 Å². The number of amides is 1. The second kappa shape index (κ2) is 7.46. The van der Waals surface area contributed by atoms with Crippen molar-refractivity contribution in [2.45, 2.75) is 6.92 Å². The Balaban J connectivity index is 1.84. The Hall–Kier alpha value is -3.26. The number of nitrogens with zero attached hydrogens (tertiary/aromatic N) is 3. The Morgan fingerprint density at radius 2 is 1.77 bits per heavy atom. The summed E-state index contributed by atoms with van der Waals surface area (Å²) in [7, 11) is 1.76. The molecule has 5 rings (SSSR count). The van der Waals surface area contributed by atoms with Gasteiger partial charge in [-0.3, -0.25) is 14.2 Å². The SMILES string of the molecule is Cc1cccc(-n2c(/C=C3/C(=O)N(C)c4ccccc43)nc3ccc(I)cc3c2=O)c1. The molecule has 0 radical (unpaired) electrons. The molecular formula is C25H18IN3O2. The zero-order valence-electron chi connectivity index (χ0n) is 17.0. The van der Waals surface area contributed by atoms with E-state index in [1.807, 2.05) is 73.7 Å². The summed E-state index contributed by atoms with van der Waals surface area (Å²) in [6, 6.07) is 21.0. The summed E-state index contributed by atoms with van der Waals surface area (Å²) in [5.74, 6) is 0.312.